The van der Waals surface area contributed by atoms with Crippen LogP contribution in [0.2, 0.25) is 0 Å². The number of hydrogen-bond donors (Lipinski definition) is 0. The third kappa shape index (κ3) is 1.32. The molecule has 2 rings (SSSR count). The SMILES string of the molecule is CC1=N[C@@H]2[C@H](N=C1C)[C@H](C)C[C@@H]2C. The molecule has 13 heavy (non-hydrogen) atoms. The van der Waals surface area contributed by atoms with Crippen molar-refractivity contribution in [1.29, 1.82) is 0 Å². The topological polar surface area (TPSA) is 24.7 Å². The van der Waals surface area contributed by atoms with Gasteiger partial charge in [0.05, 0.1) is 23.5 Å². The van der Waals surface area contributed by atoms with Crippen LogP contribution in [0.1, 0.15) is 34.1 Å². The fraction of sp³-hybridized carbons (Fsp3) is 0.818. The van der Waals surface area contributed by atoms with Gasteiger partial charge in [0.1, 0.15) is 0 Å². The number of nitrogens with zero attached hydrogens (tertiary/aromatic N) is 2. The van der Waals surface area contributed by atoms with Crippen LogP contribution in [0.25, 0.3) is 0 Å². The van der Waals surface area contributed by atoms with Gasteiger partial charge in [-0.05, 0) is 32.1 Å². The van der Waals surface area contributed by atoms with Crippen LogP contribution in [-0.4, -0.2) is 23.5 Å². The average Bonchev–Trinajstić information content (AvgIpc) is 2.31. The fourth-order valence-electron chi connectivity index (χ4n) is 2.58. The molecule has 2 aliphatic rings. The minimum Gasteiger partial charge on any atom is -0.282 e. The van der Waals surface area contributed by atoms with Gasteiger partial charge in [-0.3, -0.25) is 9.98 Å². The first-order valence-corrected chi connectivity index (χ1v) is 5.18. The van der Waals surface area contributed by atoms with Crippen molar-refractivity contribution in [2.45, 2.75) is 46.2 Å². The second kappa shape index (κ2) is 2.93. The Morgan fingerprint density at radius 2 is 1.31 bits per heavy atom. The summed E-state index contributed by atoms with van der Waals surface area (Å²) in [6.07, 6.45) is 1.28. The maximum Gasteiger partial charge on any atom is 0.0755 e. The Morgan fingerprint density at radius 1 is 0.923 bits per heavy atom. The van der Waals surface area contributed by atoms with Gasteiger partial charge < -0.3 is 0 Å². The van der Waals surface area contributed by atoms with Gasteiger partial charge in [-0.1, -0.05) is 13.8 Å². The van der Waals surface area contributed by atoms with E-state index in [0.717, 1.165) is 11.4 Å². The Kier molecular flexibility index (Phi) is 2.01. The quantitative estimate of drug-likeness (QED) is 0.544. The van der Waals surface area contributed by atoms with Gasteiger partial charge in [0, 0.05) is 0 Å². The largest absolute Gasteiger partial charge is 0.282 e. The van der Waals surface area contributed by atoms with Crippen molar-refractivity contribution in [1.82, 2.24) is 0 Å². The zero-order valence-corrected chi connectivity index (χ0v) is 8.91. The molecule has 0 aromatic carbocycles. The van der Waals surface area contributed by atoms with Crippen molar-refractivity contribution < 1.29 is 0 Å². The first-order chi connectivity index (χ1) is 6.09. The summed E-state index contributed by atoms with van der Waals surface area (Å²) < 4.78 is 0. The lowest BCUT2D eigenvalue weighted by Gasteiger charge is -2.23. The molecule has 0 saturated heterocycles. The molecular weight excluding hydrogens is 160 g/mol. The molecule has 1 aliphatic carbocycles. The number of hydrogen-bond acceptors (Lipinski definition) is 2. The average molecular weight is 178 g/mol. The fourth-order valence-corrected chi connectivity index (χ4v) is 2.58. The summed E-state index contributed by atoms with van der Waals surface area (Å²) in [6, 6.07) is 0.942. The van der Waals surface area contributed by atoms with Gasteiger partial charge >= 0.3 is 0 Å². The highest BCUT2D eigenvalue weighted by atomic mass is 15.0. The minimum atomic E-state index is 0.471. The van der Waals surface area contributed by atoms with Crippen LogP contribution in [0, 0.1) is 11.8 Å². The lowest BCUT2D eigenvalue weighted by atomic mass is 10.0. The minimum absolute atomic E-state index is 0.471. The molecule has 0 spiro atoms. The molecule has 0 amide bonds. The molecule has 0 N–H and O–H groups in total. The zero-order chi connectivity index (χ0) is 9.59. The van der Waals surface area contributed by atoms with Gasteiger partial charge in [0.15, 0.2) is 0 Å². The van der Waals surface area contributed by atoms with Crippen LogP contribution in [-0.2, 0) is 0 Å². The van der Waals surface area contributed by atoms with Crippen molar-refractivity contribution >= 4 is 11.4 Å². The molecule has 0 unspecified atom stereocenters. The summed E-state index contributed by atoms with van der Waals surface area (Å²) in [5, 5.41) is 0. The summed E-state index contributed by atoms with van der Waals surface area (Å²) in [6.45, 7) is 8.75. The summed E-state index contributed by atoms with van der Waals surface area (Å²) in [5.74, 6) is 1.43. The zero-order valence-electron chi connectivity index (χ0n) is 8.91. The van der Waals surface area contributed by atoms with Crippen molar-refractivity contribution in [3.8, 4) is 0 Å². The number of aliphatic imine (C=N–C) groups is 2. The van der Waals surface area contributed by atoms with Gasteiger partial charge in [-0.2, -0.15) is 0 Å². The van der Waals surface area contributed by atoms with Crippen LogP contribution in [0.3, 0.4) is 0 Å². The molecule has 2 nitrogen and oxygen atoms in total. The molecule has 1 fully saturated rings. The van der Waals surface area contributed by atoms with Crippen molar-refractivity contribution in [2.24, 2.45) is 21.8 Å². The molecule has 0 aromatic rings. The first kappa shape index (κ1) is 8.92. The molecule has 1 heterocycles. The standard InChI is InChI=1S/C11H18N2/c1-6-5-7(2)11-10(6)12-8(3)9(4)13-11/h6-7,10-11H,5H2,1-4H3/t6-,7+,10-,11+. The van der Waals surface area contributed by atoms with Crippen LogP contribution >= 0.6 is 0 Å². The Bertz CT molecular complexity index is 250. The Balaban J connectivity index is 2.31. The summed E-state index contributed by atoms with van der Waals surface area (Å²) >= 11 is 0. The Morgan fingerprint density at radius 3 is 1.69 bits per heavy atom. The van der Waals surface area contributed by atoms with Crippen molar-refractivity contribution in [3.63, 3.8) is 0 Å². The predicted molar refractivity (Wildman–Crippen MR) is 56.7 cm³/mol. The maximum absolute atomic E-state index is 4.74. The normalized spacial score (nSPS) is 44.0. The second-order valence-corrected chi connectivity index (χ2v) is 4.60. The number of rotatable bonds is 0. The smallest absolute Gasteiger partial charge is 0.0755 e. The molecule has 0 radical (unpaired) electrons. The van der Waals surface area contributed by atoms with E-state index in [2.05, 4.69) is 27.7 Å². The van der Waals surface area contributed by atoms with E-state index < -0.39 is 0 Å². The van der Waals surface area contributed by atoms with Crippen LogP contribution in [0.15, 0.2) is 9.98 Å². The van der Waals surface area contributed by atoms with Gasteiger partial charge in [-0.15, -0.1) is 0 Å². The van der Waals surface area contributed by atoms with E-state index in [1.807, 2.05) is 0 Å². The van der Waals surface area contributed by atoms with Crippen LogP contribution in [0.4, 0.5) is 0 Å². The van der Waals surface area contributed by atoms with E-state index in [4.69, 9.17) is 9.98 Å². The summed E-state index contributed by atoms with van der Waals surface area (Å²) in [4.78, 5) is 9.49. The molecule has 0 bridgehead atoms. The van der Waals surface area contributed by atoms with E-state index in [0.29, 0.717) is 23.9 Å². The lowest BCUT2D eigenvalue weighted by Crippen LogP contribution is -2.31. The summed E-state index contributed by atoms with van der Waals surface area (Å²) in [7, 11) is 0. The highest BCUT2D eigenvalue weighted by molar-refractivity contribution is 6.41. The third-order valence-electron chi connectivity index (χ3n) is 3.47. The van der Waals surface area contributed by atoms with Crippen molar-refractivity contribution in [2.75, 3.05) is 0 Å². The lowest BCUT2D eigenvalue weighted by molar-refractivity contribution is 0.484. The third-order valence-corrected chi connectivity index (χ3v) is 3.47. The molecule has 72 valence electrons. The Labute approximate surface area is 80.2 Å². The molecule has 0 aromatic heterocycles. The van der Waals surface area contributed by atoms with Gasteiger partial charge in [0.2, 0.25) is 0 Å². The van der Waals surface area contributed by atoms with Crippen LogP contribution < -0.4 is 0 Å². The Hall–Kier alpha value is -0.660. The van der Waals surface area contributed by atoms with Crippen molar-refractivity contribution in [3.05, 3.63) is 0 Å². The highest BCUT2D eigenvalue weighted by Crippen LogP contribution is 2.37. The van der Waals surface area contributed by atoms with Crippen LogP contribution in [0.5, 0.6) is 0 Å². The number of fused-ring (bicyclic) bond motifs is 1. The molecule has 1 aliphatic heterocycles. The van der Waals surface area contributed by atoms with Gasteiger partial charge in [-0.25, -0.2) is 0 Å². The second-order valence-electron chi connectivity index (χ2n) is 4.60. The molecule has 1 saturated carbocycles. The molecule has 4 atom stereocenters. The molecule has 2 heteroatoms. The van der Waals surface area contributed by atoms with E-state index >= 15 is 0 Å². The van der Waals surface area contributed by atoms with E-state index in [-0.39, 0.29) is 0 Å². The maximum atomic E-state index is 4.74. The first-order valence-electron chi connectivity index (χ1n) is 5.18. The van der Waals surface area contributed by atoms with E-state index in [1.165, 1.54) is 6.42 Å². The van der Waals surface area contributed by atoms with E-state index in [9.17, 15) is 0 Å². The monoisotopic (exact) mass is 178 g/mol. The summed E-state index contributed by atoms with van der Waals surface area (Å²) in [5.41, 5.74) is 2.28. The van der Waals surface area contributed by atoms with E-state index in [1.54, 1.807) is 0 Å². The molecular formula is C11H18N2. The van der Waals surface area contributed by atoms with Gasteiger partial charge in [0.25, 0.3) is 0 Å². The highest BCUT2D eigenvalue weighted by Gasteiger charge is 2.40. The predicted octanol–water partition coefficient (Wildman–Crippen LogP) is 2.33.